The van der Waals surface area contributed by atoms with Gasteiger partial charge in [0.25, 0.3) is 11.5 Å². The SMILES string of the molecule is O=C(Nc1nc(-c2ccccc2OC(F)F)cs1)c1ccc(=O)n(CCOc2ccccc2)n1. The van der Waals surface area contributed by atoms with Crippen LogP contribution in [0.15, 0.2) is 76.9 Å². The van der Waals surface area contributed by atoms with Crippen LogP contribution in [0, 0.1) is 0 Å². The Morgan fingerprint density at radius 3 is 2.62 bits per heavy atom. The van der Waals surface area contributed by atoms with Crippen molar-refractivity contribution in [1.29, 1.82) is 0 Å². The maximum absolute atomic E-state index is 12.7. The maximum Gasteiger partial charge on any atom is 0.387 e. The Balaban J connectivity index is 1.43. The average Bonchev–Trinajstić information content (AvgIpc) is 3.29. The number of carbonyl (C=O) groups is 1. The zero-order valence-electron chi connectivity index (χ0n) is 17.6. The van der Waals surface area contributed by atoms with Crippen molar-refractivity contribution < 1.29 is 23.0 Å². The van der Waals surface area contributed by atoms with E-state index in [0.29, 0.717) is 17.0 Å². The fourth-order valence-electron chi connectivity index (χ4n) is 2.99. The summed E-state index contributed by atoms with van der Waals surface area (Å²) in [5, 5.41) is 8.55. The van der Waals surface area contributed by atoms with Gasteiger partial charge in [-0.25, -0.2) is 9.67 Å². The van der Waals surface area contributed by atoms with E-state index in [0.717, 1.165) is 16.0 Å². The summed E-state index contributed by atoms with van der Waals surface area (Å²) in [5.41, 5.74) is 0.370. The number of nitrogens with zero attached hydrogens (tertiary/aromatic N) is 3. The number of hydrogen-bond acceptors (Lipinski definition) is 7. The monoisotopic (exact) mass is 484 g/mol. The molecule has 0 unspecified atom stereocenters. The number of hydrogen-bond donors (Lipinski definition) is 1. The molecule has 4 rings (SSSR count). The fourth-order valence-corrected chi connectivity index (χ4v) is 3.70. The quantitative estimate of drug-likeness (QED) is 0.381. The molecule has 0 saturated heterocycles. The van der Waals surface area contributed by atoms with E-state index in [1.54, 1.807) is 35.7 Å². The van der Waals surface area contributed by atoms with Gasteiger partial charge in [-0.3, -0.25) is 14.9 Å². The van der Waals surface area contributed by atoms with Crippen LogP contribution < -0.4 is 20.3 Å². The summed E-state index contributed by atoms with van der Waals surface area (Å²) in [6.07, 6.45) is 0. The van der Waals surface area contributed by atoms with Crippen LogP contribution in [0.1, 0.15) is 10.5 Å². The highest BCUT2D eigenvalue weighted by Gasteiger charge is 2.16. The van der Waals surface area contributed by atoms with Crippen LogP contribution in [0.3, 0.4) is 0 Å². The predicted molar refractivity (Wildman–Crippen MR) is 123 cm³/mol. The van der Waals surface area contributed by atoms with Crippen molar-refractivity contribution in [2.75, 3.05) is 11.9 Å². The van der Waals surface area contributed by atoms with Crippen molar-refractivity contribution in [2.24, 2.45) is 0 Å². The molecule has 11 heteroatoms. The van der Waals surface area contributed by atoms with Crippen molar-refractivity contribution >= 4 is 22.4 Å². The molecule has 0 fully saturated rings. The summed E-state index contributed by atoms with van der Waals surface area (Å²) in [6, 6.07) is 17.9. The third-order valence-corrected chi connectivity index (χ3v) is 5.28. The molecule has 2 aromatic heterocycles. The number of nitrogens with one attached hydrogen (secondary N) is 1. The topological polar surface area (TPSA) is 95.3 Å². The molecular weight excluding hydrogens is 466 g/mol. The number of thiazole rings is 1. The van der Waals surface area contributed by atoms with Crippen molar-refractivity contribution in [3.05, 3.63) is 88.2 Å². The minimum atomic E-state index is -2.97. The normalized spacial score (nSPS) is 10.8. The predicted octanol–water partition coefficient (Wildman–Crippen LogP) is 4.30. The molecule has 174 valence electrons. The molecule has 0 bridgehead atoms. The molecule has 0 saturated carbocycles. The molecule has 0 radical (unpaired) electrons. The number of amides is 1. The molecule has 2 heterocycles. The lowest BCUT2D eigenvalue weighted by Gasteiger charge is -2.09. The van der Waals surface area contributed by atoms with Gasteiger partial charge in [-0.15, -0.1) is 11.3 Å². The van der Waals surface area contributed by atoms with Crippen LogP contribution >= 0.6 is 11.3 Å². The second-order valence-electron chi connectivity index (χ2n) is 6.81. The lowest BCUT2D eigenvalue weighted by atomic mass is 10.1. The first kappa shape index (κ1) is 23.1. The lowest BCUT2D eigenvalue weighted by molar-refractivity contribution is -0.0494. The van der Waals surface area contributed by atoms with Crippen molar-refractivity contribution in [2.45, 2.75) is 13.2 Å². The fraction of sp³-hybridized carbons (Fsp3) is 0.130. The van der Waals surface area contributed by atoms with Gasteiger partial charge in [0.05, 0.1) is 12.2 Å². The molecule has 0 aliphatic carbocycles. The number of para-hydroxylation sites is 2. The van der Waals surface area contributed by atoms with Gasteiger partial charge in [-0.1, -0.05) is 30.3 Å². The maximum atomic E-state index is 12.7. The Morgan fingerprint density at radius 1 is 1.06 bits per heavy atom. The van der Waals surface area contributed by atoms with Crippen molar-refractivity contribution in [3.63, 3.8) is 0 Å². The van der Waals surface area contributed by atoms with E-state index in [1.165, 1.54) is 18.2 Å². The number of alkyl halides is 2. The largest absolute Gasteiger partial charge is 0.492 e. The zero-order valence-corrected chi connectivity index (χ0v) is 18.4. The molecule has 8 nitrogen and oxygen atoms in total. The van der Waals surface area contributed by atoms with Gasteiger partial charge in [0.2, 0.25) is 0 Å². The highest BCUT2D eigenvalue weighted by atomic mass is 32.1. The summed E-state index contributed by atoms with van der Waals surface area (Å²) in [4.78, 5) is 29.0. The smallest absolute Gasteiger partial charge is 0.387 e. The Hall–Kier alpha value is -4.12. The van der Waals surface area contributed by atoms with Crippen LogP contribution in [0.5, 0.6) is 11.5 Å². The molecule has 4 aromatic rings. The van der Waals surface area contributed by atoms with E-state index in [9.17, 15) is 18.4 Å². The summed E-state index contributed by atoms with van der Waals surface area (Å²) < 4.78 is 36.6. The summed E-state index contributed by atoms with van der Waals surface area (Å²) in [5.74, 6) is 0.0624. The second kappa shape index (κ2) is 10.7. The molecule has 0 atom stereocenters. The molecule has 0 aliphatic heterocycles. The van der Waals surface area contributed by atoms with E-state index in [4.69, 9.17) is 4.74 Å². The number of benzene rings is 2. The molecule has 2 aromatic carbocycles. The minimum Gasteiger partial charge on any atom is -0.492 e. The van der Waals surface area contributed by atoms with Crippen LogP contribution in [0.4, 0.5) is 13.9 Å². The highest BCUT2D eigenvalue weighted by molar-refractivity contribution is 7.14. The number of rotatable bonds is 9. The summed E-state index contributed by atoms with van der Waals surface area (Å²) in [7, 11) is 0. The highest BCUT2D eigenvalue weighted by Crippen LogP contribution is 2.33. The standard InChI is InChI=1S/C23H18F2N4O4S/c24-22(25)33-19-9-5-4-8-16(19)18-14-34-23(26-18)27-21(31)17-10-11-20(30)29(28-17)12-13-32-15-6-2-1-3-7-15/h1-11,14,22H,12-13H2,(H,26,27,31). The van der Waals surface area contributed by atoms with Crippen LogP contribution in [-0.4, -0.2) is 33.9 Å². The summed E-state index contributed by atoms with van der Waals surface area (Å²) in [6.45, 7) is -2.63. The Bertz CT molecular complexity index is 1330. The molecule has 1 amide bonds. The van der Waals surface area contributed by atoms with Crippen molar-refractivity contribution in [3.8, 4) is 22.8 Å². The van der Waals surface area contributed by atoms with Gasteiger partial charge >= 0.3 is 6.61 Å². The molecular formula is C23H18F2N4O4S. The van der Waals surface area contributed by atoms with Gasteiger partial charge in [0, 0.05) is 17.0 Å². The number of anilines is 1. The minimum absolute atomic E-state index is 0.0116. The third-order valence-electron chi connectivity index (χ3n) is 4.52. The third kappa shape index (κ3) is 5.81. The first-order chi connectivity index (χ1) is 16.5. The first-order valence-electron chi connectivity index (χ1n) is 10.1. The van der Waals surface area contributed by atoms with E-state index in [-0.39, 0.29) is 35.3 Å². The van der Waals surface area contributed by atoms with Gasteiger partial charge in [0.15, 0.2) is 5.13 Å². The summed E-state index contributed by atoms with van der Waals surface area (Å²) >= 11 is 1.11. The van der Waals surface area contributed by atoms with Gasteiger partial charge in [0.1, 0.15) is 23.8 Å². The number of halogens is 2. The van der Waals surface area contributed by atoms with Crippen LogP contribution in [-0.2, 0) is 6.54 Å². The Kier molecular flexibility index (Phi) is 7.23. The molecule has 0 aliphatic rings. The lowest BCUT2D eigenvalue weighted by Crippen LogP contribution is -2.28. The van der Waals surface area contributed by atoms with E-state index in [1.807, 2.05) is 18.2 Å². The molecule has 34 heavy (non-hydrogen) atoms. The Labute approximate surface area is 196 Å². The van der Waals surface area contributed by atoms with Crippen LogP contribution in [0.2, 0.25) is 0 Å². The van der Waals surface area contributed by atoms with E-state index < -0.39 is 12.5 Å². The second-order valence-corrected chi connectivity index (χ2v) is 7.67. The van der Waals surface area contributed by atoms with Gasteiger partial charge in [-0.05, 0) is 30.3 Å². The van der Waals surface area contributed by atoms with Crippen LogP contribution in [0.25, 0.3) is 11.3 Å². The van der Waals surface area contributed by atoms with Gasteiger partial charge in [-0.2, -0.15) is 13.9 Å². The van der Waals surface area contributed by atoms with E-state index >= 15 is 0 Å². The Morgan fingerprint density at radius 2 is 1.82 bits per heavy atom. The number of carbonyl (C=O) groups excluding carboxylic acids is 1. The van der Waals surface area contributed by atoms with Crippen molar-refractivity contribution in [1.82, 2.24) is 14.8 Å². The zero-order chi connectivity index (χ0) is 23.9. The average molecular weight is 484 g/mol. The number of aromatic nitrogens is 3. The van der Waals surface area contributed by atoms with Gasteiger partial charge < -0.3 is 9.47 Å². The number of ether oxygens (including phenoxy) is 2. The molecule has 0 spiro atoms. The first-order valence-corrected chi connectivity index (χ1v) is 10.9. The molecule has 1 N–H and O–H groups in total. The van der Waals surface area contributed by atoms with E-state index in [2.05, 4.69) is 20.1 Å².